The van der Waals surface area contributed by atoms with Crippen molar-refractivity contribution >= 4 is 33.8 Å². The molecule has 0 amide bonds. The van der Waals surface area contributed by atoms with E-state index in [0.717, 1.165) is 44.6 Å². The van der Waals surface area contributed by atoms with Gasteiger partial charge in [-0.15, -0.1) is 11.3 Å². The fraction of sp³-hybridized carbons (Fsp3) is 0.286. The van der Waals surface area contributed by atoms with Crippen molar-refractivity contribution in [1.82, 2.24) is 9.97 Å². The maximum Gasteiger partial charge on any atom is 0.310 e. The van der Waals surface area contributed by atoms with Gasteiger partial charge in [0.15, 0.2) is 5.82 Å². The van der Waals surface area contributed by atoms with E-state index in [0.29, 0.717) is 12.4 Å². The molecule has 7 heteroatoms. The summed E-state index contributed by atoms with van der Waals surface area (Å²) in [6.07, 6.45) is 1.09. The summed E-state index contributed by atoms with van der Waals surface area (Å²) in [4.78, 5) is 21.9. The molecule has 3 rings (SSSR count). The third-order valence-corrected chi connectivity index (χ3v) is 5.20. The molecule has 2 aromatic heterocycles. The van der Waals surface area contributed by atoms with E-state index in [1.54, 1.807) is 6.92 Å². The highest BCUT2D eigenvalue weighted by Crippen LogP contribution is 2.30. The van der Waals surface area contributed by atoms with Gasteiger partial charge in [-0.25, -0.2) is 9.97 Å². The predicted molar refractivity (Wildman–Crippen MR) is 114 cm³/mol. The monoisotopic (exact) mass is 396 g/mol. The quantitative estimate of drug-likeness (QED) is 0.571. The standard InChI is InChI=1S/C21H24N4O2S/c1-4-16-13(3)23-21(17-10-11-18(22)28-17)25-20(16)24-15-8-6-14(7-9-15)12-19(26)27-5-2/h6-11H,4-5,12,22H2,1-3H3,(H,23,24,25). The van der Waals surface area contributed by atoms with Gasteiger partial charge in [-0.1, -0.05) is 19.1 Å². The minimum atomic E-state index is -0.220. The number of thiophene rings is 1. The third-order valence-electron chi connectivity index (χ3n) is 4.29. The van der Waals surface area contributed by atoms with Gasteiger partial charge in [0.05, 0.1) is 22.9 Å². The van der Waals surface area contributed by atoms with Crippen molar-refractivity contribution in [2.45, 2.75) is 33.6 Å². The number of rotatable bonds is 7. The number of nitrogen functional groups attached to an aromatic ring is 1. The molecule has 0 fully saturated rings. The zero-order chi connectivity index (χ0) is 20.1. The molecule has 0 aliphatic carbocycles. The van der Waals surface area contributed by atoms with Crippen molar-refractivity contribution in [3.8, 4) is 10.7 Å². The number of hydrogen-bond donors (Lipinski definition) is 2. The molecule has 0 saturated heterocycles. The van der Waals surface area contributed by atoms with E-state index in [-0.39, 0.29) is 12.4 Å². The molecule has 2 heterocycles. The predicted octanol–water partition coefficient (Wildman–Crippen LogP) is 4.51. The van der Waals surface area contributed by atoms with Crippen LogP contribution in [0, 0.1) is 6.92 Å². The summed E-state index contributed by atoms with van der Waals surface area (Å²) in [6.45, 7) is 6.28. The Bertz CT molecular complexity index is 967. The Morgan fingerprint density at radius 3 is 2.50 bits per heavy atom. The minimum absolute atomic E-state index is 0.220. The van der Waals surface area contributed by atoms with Gasteiger partial charge < -0.3 is 15.8 Å². The normalized spacial score (nSPS) is 10.7. The maximum absolute atomic E-state index is 11.6. The van der Waals surface area contributed by atoms with Crippen LogP contribution in [-0.2, 0) is 22.4 Å². The molecule has 0 unspecified atom stereocenters. The van der Waals surface area contributed by atoms with Gasteiger partial charge in [0, 0.05) is 16.9 Å². The maximum atomic E-state index is 11.6. The lowest BCUT2D eigenvalue weighted by Crippen LogP contribution is -2.07. The number of nitrogens with zero attached hydrogens (tertiary/aromatic N) is 2. The molecule has 3 aromatic rings. The highest BCUT2D eigenvalue weighted by Gasteiger charge is 2.13. The van der Waals surface area contributed by atoms with Crippen LogP contribution in [0.25, 0.3) is 10.7 Å². The van der Waals surface area contributed by atoms with Crippen molar-refractivity contribution in [2.75, 3.05) is 17.7 Å². The Balaban J connectivity index is 1.84. The lowest BCUT2D eigenvalue weighted by molar-refractivity contribution is -0.142. The van der Waals surface area contributed by atoms with Crippen molar-refractivity contribution in [3.63, 3.8) is 0 Å². The average Bonchev–Trinajstić information content (AvgIpc) is 3.10. The highest BCUT2D eigenvalue weighted by molar-refractivity contribution is 7.19. The molecular formula is C21H24N4O2S. The Morgan fingerprint density at radius 1 is 1.14 bits per heavy atom. The number of anilines is 3. The second-order valence-corrected chi connectivity index (χ2v) is 7.43. The number of esters is 1. The van der Waals surface area contributed by atoms with Gasteiger partial charge in [-0.3, -0.25) is 4.79 Å². The highest BCUT2D eigenvalue weighted by atomic mass is 32.1. The number of ether oxygens (including phenoxy) is 1. The first-order valence-electron chi connectivity index (χ1n) is 9.25. The number of benzene rings is 1. The van der Waals surface area contributed by atoms with Crippen molar-refractivity contribution in [1.29, 1.82) is 0 Å². The van der Waals surface area contributed by atoms with Gasteiger partial charge in [0.2, 0.25) is 0 Å². The molecule has 3 N–H and O–H groups in total. The van der Waals surface area contributed by atoms with Gasteiger partial charge in [0.1, 0.15) is 5.82 Å². The summed E-state index contributed by atoms with van der Waals surface area (Å²) >= 11 is 1.47. The molecular weight excluding hydrogens is 372 g/mol. The fourth-order valence-corrected chi connectivity index (χ4v) is 3.64. The molecule has 28 heavy (non-hydrogen) atoms. The third kappa shape index (κ3) is 4.67. The van der Waals surface area contributed by atoms with Crippen LogP contribution in [0.15, 0.2) is 36.4 Å². The molecule has 0 bridgehead atoms. The number of nitrogens with two attached hydrogens (primary N) is 1. The molecule has 0 spiro atoms. The Morgan fingerprint density at radius 2 is 1.89 bits per heavy atom. The van der Waals surface area contributed by atoms with Gasteiger partial charge in [-0.2, -0.15) is 0 Å². The summed E-state index contributed by atoms with van der Waals surface area (Å²) in [5.74, 6) is 1.23. The number of hydrogen-bond acceptors (Lipinski definition) is 7. The molecule has 1 aromatic carbocycles. The van der Waals surface area contributed by atoms with Crippen molar-refractivity contribution in [2.24, 2.45) is 0 Å². The molecule has 6 nitrogen and oxygen atoms in total. The van der Waals surface area contributed by atoms with Crippen LogP contribution in [0.5, 0.6) is 0 Å². The van der Waals surface area contributed by atoms with Gasteiger partial charge in [-0.05, 0) is 50.1 Å². The summed E-state index contributed by atoms with van der Waals surface area (Å²) in [7, 11) is 0. The van der Waals surface area contributed by atoms with Gasteiger partial charge in [0.25, 0.3) is 0 Å². The van der Waals surface area contributed by atoms with Crippen molar-refractivity contribution in [3.05, 3.63) is 53.2 Å². The minimum Gasteiger partial charge on any atom is -0.466 e. The molecule has 0 atom stereocenters. The summed E-state index contributed by atoms with van der Waals surface area (Å²) in [6, 6.07) is 11.5. The Hall–Kier alpha value is -2.93. The SMILES string of the molecule is CCOC(=O)Cc1ccc(Nc2nc(-c3ccc(N)s3)nc(C)c2CC)cc1. The second-order valence-electron chi connectivity index (χ2n) is 6.32. The summed E-state index contributed by atoms with van der Waals surface area (Å²) < 4.78 is 4.99. The lowest BCUT2D eigenvalue weighted by Gasteiger charge is -2.14. The van der Waals surface area contributed by atoms with Crippen LogP contribution in [0.1, 0.15) is 30.7 Å². The number of carbonyl (C=O) groups is 1. The number of carbonyl (C=O) groups excluding carboxylic acids is 1. The zero-order valence-corrected chi connectivity index (χ0v) is 17.1. The fourth-order valence-electron chi connectivity index (χ4n) is 2.93. The topological polar surface area (TPSA) is 90.1 Å². The van der Waals surface area contributed by atoms with Crippen LogP contribution in [0.3, 0.4) is 0 Å². The molecule has 0 radical (unpaired) electrons. The Kier molecular flexibility index (Phi) is 6.26. The van der Waals surface area contributed by atoms with E-state index in [1.807, 2.05) is 43.3 Å². The van der Waals surface area contributed by atoms with E-state index in [9.17, 15) is 4.79 Å². The zero-order valence-electron chi connectivity index (χ0n) is 16.3. The van der Waals surface area contributed by atoms with Crippen LogP contribution in [-0.4, -0.2) is 22.5 Å². The van der Waals surface area contributed by atoms with E-state index in [2.05, 4.69) is 17.2 Å². The molecule has 0 aliphatic heterocycles. The lowest BCUT2D eigenvalue weighted by atomic mass is 10.1. The van der Waals surface area contributed by atoms with Crippen LogP contribution < -0.4 is 11.1 Å². The van der Waals surface area contributed by atoms with Crippen LogP contribution >= 0.6 is 11.3 Å². The molecule has 146 valence electrons. The smallest absolute Gasteiger partial charge is 0.310 e. The first-order valence-corrected chi connectivity index (χ1v) is 10.1. The summed E-state index contributed by atoms with van der Waals surface area (Å²) in [5.41, 5.74) is 9.68. The van der Waals surface area contributed by atoms with E-state index < -0.39 is 0 Å². The number of aromatic nitrogens is 2. The van der Waals surface area contributed by atoms with Crippen molar-refractivity contribution < 1.29 is 9.53 Å². The van der Waals surface area contributed by atoms with Crippen LogP contribution in [0.2, 0.25) is 0 Å². The average molecular weight is 397 g/mol. The second kappa shape index (κ2) is 8.84. The molecule has 0 saturated carbocycles. The Labute approximate surface area is 168 Å². The van der Waals surface area contributed by atoms with E-state index in [4.69, 9.17) is 15.5 Å². The first-order chi connectivity index (χ1) is 13.5. The number of nitrogens with one attached hydrogen (secondary N) is 1. The molecule has 0 aliphatic rings. The number of aryl methyl sites for hydroxylation is 1. The van der Waals surface area contributed by atoms with E-state index in [1.165, 1.54) is 11.3 Å². The van der Waals surface area contributed by atoms with E-state index >= 15 is 0 Å². The summed E-state index contributed by atoms with van der Waals surface area (Å²) in [5, 5.41) is 4.13. The van der Waals surface area contributed by atoms with Crippen LogP contribution in [0.4, 0.5) is 16.5 Å². The largest absolute Gasteiger partial charge is 0.466 e. The van der Waals surface area contributed by atoms with Gasteiger partial charge >= 0.3 is 5.97 Å². The first kappa shape index (κ1) is 19.8.